The van der Waals surface area contributed by atoms with E-state index in [-0.39, 0.29) is 23.4 Å². The number of carbonyl (C=O) groups is 2. The zero-order valence-electron chi connectivity index (χ0n) is 12.1. The maximum atomic E-state index is 13.2. The van der Waals surface area contributed by atoms with Crippen molar-refractivity contribution in [3.63, 3.8) is 0 Å². The molecular weight excluding hydrogens is 257 g/mol. The zero-order valence-corrected chi connectivity index (χ0v) is 12.1. The smallest absolute Gasteiger partial charge is 0.237 e. The lowest BCUT2D eigenvalue weighted by atomic mass is 9.87. The summed E-state index contributed by atoms with van der Waals surface area (Å²) in [6.07, 6.45) is 1.41. The highest BCUT2D eigenvalue weighted by Crippen LogP contribution is 2.29. The Morgan fingerprint density at radius 2 is 2.10 bits per heavy atom. The second-order valence-corrected chi connectivity index (χ2v) is 5.67. The minimum Gasteiger partial charge on any atom is -0.312 e. The molecule has 1 heterocycles. The molecule has 0 N–H and O–H groups in total. The Balaban J connectivity index is 2.28. The quantitative estimate of drug-likeness (QED) is 0.796. The van der Waals surface area contributed by atoms with Crippen LogP contribution >= 0.6 is 0 Å². The largest absolute Gasteiger partial charge is 0.312 e. The topological polar surface area (TPSA) is 37.4 Å². The standard InChI is InChI=1S/C16H20FNO2/c1-10(2)15(19)13-5-4-8-18(16(13)20)14-7-6-12(17)9-11(14)3/h6-7,9-10,13H,4-5,8H2,1-3H3/t13-/m0/s1. The fourth-order valence-electron chi connectivity index (χ4n) is 2.70. The normalized spacial score (nSPS) is 19.6. The number of ketones is 1. The van der Waals surface area contributed by atoms with E-state index in [9.17, 15) is 14.0 Å². The number of hydrogen-bond acceptors (Lipinski definition) is 2. The van der Waals surface area contributed by atoms with E-state index >= 15 is 0 Å². The summed E-state index contributed by atoms with van der Waals surface area (Å²) in [4.78, 5) is 26.3. The van der Waals surface area contributed by atoms with Gasteiger partial charge in [-0.25, -0.2) is 4.39 Å². The van der Waals surface area contributed by atoms with Crippen molar-refractivity contribution in [3.05, 3.63) is 29.6 Å². The summed E-state index contributed by atoms with van der Waals surface area (Å²) in [5.41, 5.74) is 1.42. The Bertz CT molecular complexity index is 539. The minimum atomic E-state index is -0.548. The molecule has 2 rings (SSSR count). The Hall–Kier alpha value is -1.71. The molecule has 1 aliphatic heterocycles. The van der Waals surface area contributed by atoms with Gasteiger partial charge in [-0.2, -0.15) is 0 Å². The number of carbonyl (C=O) groups excluding carboxylic acids is 2. The summed E-state index contributed by atoms with van der Waals surface area (Å²) in [7, 11) is 0. The van der Waals surface area contributed by atoms with Gasteiger partial charge >= 0.3 is 0 Å². The number of rotatable bonds is 3. The van der Waals surface area contributed by atoms with E-state index in [1.165, 1.54) is 12.1 Å². The van der Waals surface area contributed by atoms with Crippen LogP contribution in [0.4, 0.5) is 10.1 Å². The van der Waals surface area contributed by atoms with Crippen molar-refractivity contribution >= 4 is 17.4 Å². The first-order chi connectivity index (χ1) is 9.41. The van der Waals surface area contributed by atoms with Crippen LogP contribution in [0.15, 0.2) is 18.2 Å². The molecule has 108 valence electrons. The molecule has 1 aromatic rings. The summed E-state index contributed by atoms with van der Waals surface area (Å²) in [5.74, 6) is -1.15. The predicted octanol–water partition coefficient (Wildman–Crippen LogP) is 3.10. The number of anilines is 1. The van der Waals surface area contributed by atoms with Crippen molar-refractivity contribution in [2.45, 2.75) is 33.6 Å². The second-order valence-electron chi connectivity index (χ2n) is 5.67. The van der Waals surface area contributed by atoms with E-state index in [1.54, 1.807) is 17.9 Å². The van der Waals surface area contributed by atoms with Crippen LogP contribution in [0, 0.1) is 24.6 Å². The van der Waals surface area contributed by atoms with Crippen molar-refractivity contribution in [1.82, 2.24) is 0 Å². The SMILES string of the molecule is Cc1cc(F)ccc1N1CCC[C@@H](C(=O)C(C)C)C1=O. The van der Waals surface area contributed by atoms with E-state index in [0.717, 1.165) is 12.0 Å². The molecular formula is C16H20FNO2. The van der Waals surface area contributed by atoms with Gasteiger partial charge in [-0.05, 0) is 43.5 Å². The van der Waals surface area contributed by atoms with Crippen LogP contribution in [0.25, 0.3) is 0 Å². The van der Waals surface area contributed by atoms with Crippen LogP contribution < -0.4 is 4.90 Å². The van der Waals surface area contributed by atoms with Crippen LogP contribution in [0.5, 0.6) is 0 Å². The fraction of sp³-hybridized carbons (Fsp3) is 0.500. The summed E-state index contributed by atoms with van der Waals surface area (Å²) in [5, 5.41) is 0. The summed E-state index contributed by atoms with van der Waals surface area (Å²) in [6, 6.07) is 4.38. The number of hydrogen-bond donors (Lipinski definition) is 0. The van der Waals surface area contributed by atoms with Gasteiger partial charge in [-0.3, -0.25) is 9.59 Å². The predicted molar refractivity (Wildman–Crippen MR) is 76.1 cm³/mol. The number of Topliss-reactive ketones (excluding diaryl/α,β-unsaturated/α-hetero) is 1. The van der Waals surface area contributed by atoms with Gasteiger partial charge in [0, 0.05) is 18.2 Å². The van der Waals surface area contributed by atoms with Crippen LogP contribution in [0.2, 0.25) is 0 Å². The maximum absolute atomic E-state index is 13.2. The third-order valence-corrected chi connectivity index (χ3v) is 3.80. The molecule has 1 saturated heterocycles. The van der Waals surface area contributed by atoms with Crippen molar-refractivity contribution in [2.24, 2.45) is 11.8 Å². The lowest BCUT2D eigenvalue weighted by molar-refractivity contribution is -0.135. The molecule has 1 fully saturated rings. The molecule has 0 radical (unpaired) electrons. The number of nitrogens with zero attached hydrogens (tertiary/aromatic N) is 1. The van der Waals surface area contributed by atoms with Crippen LogP contribution in [0.3, 0.4) is 0 Å². The number of piperidine rings is 1. The summed E-state index contributed by atoms with van der Waals surface area (Å²) < 4.78 is 13.2. The van der Waals surface area contributed by atoms with Gasteiger partial charge in [-0.1, -0.05) is 13.8 Å². The molecule has 0 unspecified atom stereocenters. The van der Waals surface area contributed by atoms with Crippen molar-refractivity contribution in [3.8, 4) is 0 Å². The number of aryl methyl sites for hydroxylation is 1. The highest BCUT2D eigenvalue weighted by molar-refractivity contribution is 6.09. The fourth-order valence-corrected chi connectivity index (χ4v) is 2.70. The highest BCUT2D eigenvalue weighted by atomic mass is 19.1. The van der Waals surface area contributed by atoms with Crippen LogP contribution in [0.1, 0.15) is 32.3 Å². The van der Waals surface area contributed by atoms with Crippen LogP contribution in [-0.4, -0.2) is 18.2 Å². The Labute approximate surface area is 118 Å². The van der Waals surface area contributed by atoms with Gasteiger partial charge in [0.15, 0.2) is 0 Å². The average molecular weight is 277 g/mol. The van der Waals surface area contributed by atoms with Gasteiger partial charge in [0.05, 0.1) is 5.92 Å². The van der Waals surface area contributed by atoms with Crippen molar-refractivity contribution in [1.29, 1.82) is 0 Å². The third-order valence-electron chi connectivity index (χ3n) is 3.80. The molecule has 1 atom stereocenters. The molecule has 1 aromatic carbocycles. The van der Waals surface area contributed by atoms with E-state index in [0.29, 0.717) is 18.7 Å². The summed E-state index contributed by atoms with van der Waals surface area (Å²) in [6.45, 7) is 6.00. The monoisotopic (exact) mass is 277 g/mol. The van der Waals surface area contributed by atoms with E-state index in [1.807, 2.05) is 13.8 Å². The van der Waals surface area contributed by atoms with E-state index in [4.69, 9.17) is 0 Å². The first kappa shape index (κ1) is 14.7. The molecule has 3 nitrogen and oxygen atoms in total. The third kappa shape index (κ3) is 2.74. The Morgan fingerprint density at radius 1 is 1.40 bits per heavy atom. The van der Waals surface area contributed by atoms with Gasteiger partial charge in [0.2, 0.25) is 5.91 Å². The van der Waals surface area contributed by atoms with E-state index < -0.39 is 5.92 Å². The Kier molecular flexibility index (Phi) is 4.21. The lowest BCUT2D eigenvalue weighted by Crippen LogP contribution is -2.45. The lowest BCUT2D eigenvalue weighted by Gasteiger charge is -2.33. The average Bonchev–Trinajstić information content (AvgIpc) is 2.39. The molecule has 0 bridgehead atoms. The van der Waals surface area contributed by atoms with Crippen LogP contribution in [-0.2, 0) is 9.59 Å². The first-order valence-electron chi connectivity index (χ1n) is 7.03. The molecule has 0 aromatic heterocycles. The molecule has 0 spiro atoms. The number of benzene rings is 1. The second kappa shape index (κ2) is 5.73. The molecule has 0 saturated carbocycles. The molecule has 1 amide bonds. The zero-order chi connectivity index (χ0) is 14.9. The number of halogens is 1. The van der Waals surface area contributed by atoms with Gasteiger partial charge in [0.1, 0.15) is 11.6 Å². The van der Waals surface area contributed by atoms with Gasteiger partial charge in [-0.15, -0.1) is 0 Å². The molecule has 0 aliphatic carbocycles. The minimum absolute atomic E-state index is 0.000496. The van der Waals surface area contributed by atoms with Crippen molar-refractivity contribution in [2.75, 3.05) is 11.4 Å². The highest BCUT2D eigenvalue weighted by Gasteiger charge is 2.35. The Morgan fingerprint density at radius 3 is 2.70 bits per heavy atom. The summed E-state index contributed by atoms with van der Waals surface area (Å²) >= 11 is 0. The first-order valence-corrected chi connectivity index (χ1v) is 7.03. The van der Waals surface area contributed by atoms with Crippen molar-refractivity contribution < 1.29 is 14.0 Å². The van der Waals surface area contributed by atoms with Gasteiger partial charge in [0.25, 0.3) is 0 Å². The van der Waals surface area contributed by atoms with E-state index in [2.05, 4.69) is 0 Å². The molecule has 4 heteroatoms. The molecule has 20 heavy (non-hydrogen) atoms. The maximum Gasteiger partial charge on any atom is 0.237 e. The number of amides is 1. The van der Waals surface area contributed by atoms with Gasteiger partial charge < -0.3 is 4.90 Å². The molecule has 1 aliphatic rings.